The fraction of sp³-hybridized carbons (Fsp3) is 0.364. The van der Waals surface area contributed by atoms with Gasteiger partial charge in [0.15, 0.2) is 0 Å². The van der Waals surface area contributed by atoms with Crippen LogP contribution >= 0.6 is 11.6 Å². The molecular weight excluding hydrogens is 230 g/mol. The van der Waals surface area contributed by atoms with E-state index in [1.54, 1.807) is 25.1 Å². The molecule has 0 radical (unpaired) electrons. The Balaban J connectivity index is 2.46. The van der Waals surface area contributed by atoms with E-state index in [4.69, 9.17) is 16.3 Å². The second-order valence-electron chi connectivity index (χ2n) is 3.15. The lowest BCUT2D eigenvalue weighted by Crippen LogP contribution is -2.24. The average molecular weight is 244 g/mol. The van der Waals surface area contributed by atoms with Crippen molar-refractivity contribution >= 4 is 17.6 Å². The number of hydrogen-bond donors (Lipinski definition) is 2. The lowest BCUT2D eigenvalue weighted by Gasteiger charge is -2.08. The van der Waals surface area contributed by atoms with Gasteiger partial charge in [-0.3, -0.25) is 4.79 Å². The highest BCUT2D eigenvalue weighted by molar-refractivity contribution is 6.31. The van der Waals surface area contributed by atoms with Crippen LogP contribution in [-0.4, -0.2) is 24.2 Å². The van der Waals surface area contributed by atoms with Gasteiger partial charge in [0.2, 0.25) is 0 Å². The maximum atomic E-state index is 11.0. The van der Waals surface area contributed by atoms with E-state index in [1.807, 2.05) is 0 Å². The molecule has 0 bridgehead atoms. The van der Waals surface area contributed by atoms with E-state index in [2.05, 4.69) is 5.32 Å². The van der Waals surface area contributed by atoms with Crippen LogP contribution in [0.15, 0.2) is 18.2 Å². The van der Waals surface area contributed by atoms with Gasteiger partial charge in [-0.15, -0.1) is 0 Å². The van der Waals surface area contributed by atoms with Crippen LogP contribution in [0.3, 0.4) is 0 Å². The molecular formula is C11H14ClNO3. The van der Waals surface area contributed by atoms with Crippen LogP contribution < -0.4 is 5.32 Å². The predicted octanol–water partition coefficient (Wildman–Crippen LogP) is 1.70. The number of aromatic hydroxyl groups is 1. The molecule has 0 amide bonds. The molecule has 1 aromatic carbocycles. The summed E-state index contributed by atoms with van der Waals surface area (Å²) in [5.74, 6) is -0.210. The van der Waals surface area contributed by atoms with Crippen LogP contribution in [0.2, 0.25) is 5.02 Å². The van der Waals surface area contributed by atoms with Gasteiger partial charge in [0.1, 0.15) is 5.75 Å². The zero-order valence-electron chi connectivity index (χ0n) is 9.00. The zero-order chi connectivity index (χ0) is 12.0. The van der Waals surface area contributed by atoms with E-state index in [-0.39, 0.29) is 18.3 Å². The zero-order valence-corrected chi connectivity index (χ0v) is 9.75. The van der Waals surface area contributed by atoms with Crippen molar-refractivity contribution in [3.63, 3.8) is 0 Å². The fourth-order valence-corrected chi connectivity index (χ4v) is 1.46. The van der Waals surface area contributed by atoms with E-state index >= 15 is 0 Å². The lowest BCUT2D eigenvalue weighted by molar-refractivity contribution is -0.142. The minimum atomic E-state index is -0.325. The summed E-state index contributed by atoms with van der Waals surface area (Å²) < 4.78 is 4.74. The third-order valence-corrected chi connectivity index (χ3v) is 2.32. The summed E-state index contributed by atoms with van der Waals surface area (Å²) in [7, 11) is 0. The van der Waals surface area contributed by atoms with Gasteiger partial charge in [0.05, 0.1) is 13.2 Å². The maximum Gasteiger partial charge on any atom is 0.319 e. The first-order valence-electron chi connectivity index (χ1n) is 4.97. The Morgan fingerprint density at radius 2 is 2.31 bits per heavy atom. The molecule has 0 atom stereocenters. The Bertz CT molecular complexity index is 348. The van der Waals surface area contributed by atoms with E-state index in [0.717, 1.165) is 0 Å². The summed E-state index contributed by atoms with van der Waals surface area (Å²) in [4.78, 5) is 11.0. The lowest BCUT2D eigenvalue weighted by atomic mass is 10.2. The summed E-state index contributed by atoms with van der Waals surface area (Å²) in [6, 6.07) is 4.89. The normalized spacial score (nSPS) is 10.1. The van der Waals surface area contributed by atoms with E-state index in [0.29, 0.717) is 23.7 Å². The van der Waals surface area contributed by atoms with Crippen LogP contribution in [0.1, 0.15) is 12.5 Å². The first-order valence-corrected chi connectivity index (χ1v) is 5.35. The molecule has 0 heterocycles. The predicted molar refractivity (Wildman–Crippen MR) is 61.5 cm³/mol. The van der Waals surface area contributed by atoms with Crippen molar-refractivity contribution in [2.24, 2.45) is 0 Å². The van der Waals surface area contributed by atoms with Gasteiger partial charge in [0.25, 0.3) is 0 Å². The van der Waals surface area contributed by atoms with Gasteiger partial charge < -0.3 is 15.2 Å². The van der Waals surface area contributed by atoms with E-state index in [9.17, 15) is 9.90 Å². The van der Waals surface area contributed by atoms with Crippen molar-refractivity contribution in [1.82, 2.24) is 5.32 Å². The molecule has 0 saturated carbocycles. The molecule has 0 aromatic heterocycles. The molecule has 0 saturated heterocycles. The minimum absolute atomic E-state index is 0.0957. The first-order chi connectivity index (χ1) is 7.65. The van der Waals surface area contributed by atoms with Crippen LogP contribution in [0.5, 0.6) is 5.75 Å². The molecule has 16 heavy (non-hydrogen) atoms. The SMILES string of the molecule is CCOC(=O)CNCc1c(O)cccc1Cl. The highest BCUT2D eigenvalue weighted by Gasteiger charge is 2.06. The van der Waals surface area contributed by atoms with E-state index < -0.39 is 0 Å². The molecule has 0 aliphatic rings. The molecule has 2 N–H and O–H groups in total. The van der Waals surface area contributed by atoms with Gasteiger partial charge in [-0.25, -0.2) is 0 Å². The second kappa shape index (κ2) is 6.35. The number of carbonyl (C=O) groups is 1. The van der Waals surface area contributed by atoms with Crippen molar-refractivity contribution in [3.05, 3.63) is 28.8 Å². The number of ether oxygens (including phenoxy) is 1. The van der Waals surface area contributed by atoms with Crippen molar-refractivity contribution in [2.45, 2.75) is 13.5 Å². The maximum absolute atomic E-state index is 11.0. The number of hydrogen-bond acceptors (Lipinski definition) is 4. The quantitative estimate of drug-likeness (QED) is 0.773. The van der Waals surface area contributed by atoms with Crippen molar-refractivity contribution < 1.29 is 14.6 Å². The monoisotopic (exact) mass is 243 g/mol. The summed E-state index contributed by atoms with van der Waals surface area (Å²) in [6.07, 6.45) is 0. The fourth-order valence-electron chi connectivity index (χ4n) is 1.22. The van der Waals surface area contributed by atoms with Gasteiger partial charge in [0, 0.05) is 17.1 Å². The highest BCUT2D eigenvalue weighted by Crippen LogP contribution is 2.24. The van der Waals surface area contributed by atoms with Crippen molar-refractivity contribution in [2.75, 3.05) is 13.2 Å². The van der Waals surface area contributed by atoms with Crippen LogP contribution in [0.4, 0.5) is 0 Å². The summed E-state index contributed by atoms with van der Waals surface area (Å²) >= 11 is 5.89. The molecule has 0 aliphatic carbocycles. The van der Waals surface area contributed by atoms with Gasteiger partial charge in [-0.2, -0.15) is 0 Å². The van der Waals surface area contributed by atoms with Crippen LogP contribution in [0.25, 0.3) is 0 Å². The van der Waals surface area contributed by atoms with Gasteiger partial charge in [-0.1, -0.05) is 17.7 Å². The van der Waals surface area contributed by atoms with E-state index in [1.165, 1.54) is 0 Å². The number of carbonyl (C=O) groups excluding carboxylic acids is 1. The Morgan fingerprint density at radius 1 is 1.56 bits per heavy atom. The minimum Gasteiger partial charge on any atom is -0.508 e. The number of rotatable bonds is 5. The van der Waals surface area contributed by atoms with Crippen molar-refractivity contribution in [3.8, 4) is 5.75 Å². The Kier molecular flexibility index (Phi) is 5.08. The summed E-state index contributed by atoms with van der Waals surface area (Å²) in [6.45, 7) is 2.53. The smallest absolute Gasteiger partial charge is 0.319 e. The van der Waals surface area contributed by atoms with Crippen LogP contribution in [0, 0.1) is 0 Å². The number of benzene rings is 1. The first kappa shape index (κ1) is 12.8. The van der Waals surface area contributed by atoms with Crippen LogP contribution in [-0.2, 0) is 16.1 Å². The topological polar surface area (TPSA) is 58.6 Å². The summed E-state index contributed by atoms with van der Waals surface area (Å²) in [5, 5.41) is 12.8. The number of phenolic OH excluding ortho intramolecular Hbond substituents is 1. The highest BCUT2D eigenvalue weighted by atomic mass is 35.5. The molecule has 0 spiro atoms. The largest absolute Gasteiger partial charge is 0.508 e. The molecule has 0 aliphatic heterocycles. The van der Waals surface area contributed by atoms with Gasteiger partial charge in [-0.05, 0) is 19.1 Å². The Morgan fingerprint density at radius 3 is 2.94 bits per heavy atom. The number of nitrogens with one attached hydrogen (secondary N) is 1. The molecule has 0 fully saturated rings. The summed E-state index contributed by atoms with van der Waals surface area (Å²) in [5.41, 5.74) is 0.577. The number of esters is 1. The second-order valence-corrected chi connectivity index (χ2v) is 3.55. The number of phenols is 1. The third-order valence-electron chi connectivity index (χ3n) is 1.97. The van der Waals surface area contributed by atoms with Gasteiger partial charge >= 0.3 is 5.97 Å². The molecule has 1 aromatic rings. The molecule has 1 rings (SSSR count). The standard InChI is InChI=1S/C11H14ClNO3/c1-2-16-11(15)7-13-6-8-9(12)4-3-5-10(8)14/h3-5,13-14H,2,6-7H2,1H3. The number of halogens is 1. The Hall–Kier alpha value is -1.26. The molecule has 4 nitrogen and oxygen atoms in total. The molecule has 5 heteroatoms. The molecule has 0 unspecified atom stereocenters. The average Bonchev–Trinajstić information content (AvgIpc) is 2.23. The molecule has 88 valence electrons. The Labute approximate surface area is 99.2 Å². The van der Waals surface area contributed by atoms with Crippen molar-refractivity contribution in [1.29, 1.82) is 0 Å². The third kappa shape index (κ3) is 3.72.